The quantitative estimate of drug-likeness (QED) is 0.654. The molecule has 0 saturated carbocycles. The molecule has 1 saturated heterocycles. The molecular formula is C28H34N2O2. The van der Waals surface area contributed by atoms with Crippen LogP contribution >= 0.6 is 0 Å². The number of anilines is 1. The normalized spacial score (nSPS) is 26.1. The molecule has 32 heavy (non-hydrogen) atoms. The Morgan fingerprint density at radius 1 is 1.06 bits per heavy atom. The second-order valence-corrected chi connectivity index (χ2v) is 9.92. The smallest absolute Gasteiger partial charge is 0.235 e. The SMILES string of the molecule is CCC(=O)CC1C(=O)N(C2CCN(C3(C)CCCc4ccccc43)CC2)c2ccccc21. The molecule has 0 radical (unpaired) electrons. The summed E-state index contributed by atoms with van der Waals surface area (Å²) in [7, 11) is 0. The molecule has 2 unspecified atom stereocenters. The molecule has 168 valence electrons. The van der Waals surface area contributed by atoms with Crippen LogP contribution in [0.25, 0.3) is 0 Å². The van der Waals surface area contributed by atoms with Gasteiger partial charge in [-0.3, -0.25) is 14.5 Å². The molecule has 4 heteroatoms. The Kier molecular flexibility index (Phi) is 5.66. The van der Waals surface area contributed by atoms with E-state index in [1.807, 2.05) is 30.0 Å². The van der Waals surface area contributed by atoms with Gasteiger partial charge < -0.3 is 4.90 Å². The number of likely N-dealkylation sites (tertiary alicyclic amines) is 1. The lowest BCUT2D eigenvalue weighted by molar-refractivity contribution is -0.125. The van der Waals surface area contributed by atoms with Crippen molar-refractivity contribution in [2.45, 2.75) is 76.3 Å². The van der Waals surface area contributed by atoms with Crippen LogP contribution in [0.4, 0.5) is 5.69 Å². The van der Waals surface area contributed by atoms with Crippen molar-refractivity contribution < 1.29 is 9.59 Å². The first-order valence-corrected chi connectivity index (χ1v) is 12.3. The van der Waals surface area contributed by atoms with Gasteiger partial charge in [0.1, 0.15) is 5.78 Å². The van der Waals surface area contributed by atoms with E-state index in [1.165, 1.54) is 30.4 Å². The number of aryl methyl sites for hydroxylation is 1. The van der Waals surface area contributed by atoms with Crippen molar-refractivity contribution in [1.29, 1.82) is 0 Å². The minimum Gasteiger partial charge on any atom is -0.308 e. The molecule has 0 N–H and O–H groups in total. The molecule has 2 heterocycles. The van der Waals surface area contributed by atoms with E-state index in [9.17, 15) is 9.59 Å². The number of amides is 1. The number of piperidine rings is 1. The van der Waals surface area contributed by atoms with Gasteiger partial charge in [0.15, 0.2) is 0 Å². The third-order valence-electron chi connectivity index (χ3n) is 8.17. The Hall–Kier alpha value is -2.46. The number of Topliss-reactive ketones (excluding diaryl/α,β-unsaturated/α-hetero) is 1. The maximum absolute atomic E-state index is 13.5. The summed E-state index contributed by atoms with van der Waals surface area (Å²) in [6, 6.07) is 17.3. The minimum absolute atomic E-state index is 0.0861. The average Bonchev–Trinajstić information content (AvgIpc) is 3.10. The lowest BCUT2D eigenvalue weighted by Crippen LogP contribution is -2.53. The van der Waals surface area contributed by atoms with Gasteiger partial charge in [0, 0.05) is 43.2 Å². The first-order chi connectivity index (χ1) is 15.5. The number of hydrogen-bond donors (Lipinski definition) is 0. The van der Waals surface area contributed by atoms with Crippen molar-refractivity contribution in [2.75, 3.05) is 18.0 Å². The Bertz CT molecular complexity index is 1020. The van der Waals surface area contributed by atoms with Gasteiger partial charge in [-0.2, -0.15) is 0 Å². The topological polar surface area (TPSA) is 40.6 Å². The Labute approximate surface area is 191 Å². The summed E-state index contributed by atoms with van der Waals surface area (Å²) in [5.41, 5.74) is 5.14. The van der Waals surface area contributed by atoms with E-state index in [4.69, 9.17) is 0 Å². The van der Waals surface area contributed by atoms with Gasteiger partial charge in [-0.15, -0.1) is 0 Å². The van der Waals surface area contributed by atoms with Gasteiger partial charge in [-0.05, 0) is 61.8 Å². The van der Waals surface area contributed by atoms with Crippen LogP contribution in [0.5, 0.6) is 0 Å². The first kappa shape index (κ1) is 21.4. The van der Waals surface area contributed by atoms with E-state index in [0.29, 0.717) is 12.8 Å². The molecule has 0 bridgehead atoms. The summed E-state index contributed by atoms with van der Waals surface area (Å²) in [5.74, 6) is -0.0150. The average molecular weight is 431 g/mol. The monoisotopic (exact) mass is 430 g/mol. The fourth-order valence-electron chi connectivity index (χ4n) is 6.33. The lowest BCUT2D eigenvalue weighted by Gasteiger charge is -2.49. The van der Waals surface area contributed by atoms with Gasteiger partial charge in [-0.25, -0.2) is 0 Å². The fourth-order valence-corrected chi connectivity index (χ4v) is 6.33. The molecule has 3 aliphatic rings. The van der Waals surface area contributed by atoms with Gasteiger partial charge >= 0.3 is 0 Å². The Balaban J connectivity index is 1.35. The number of hydrogen-bond acceptors (Lipinski definition) is 3. The van der Waals surface area contributed by atoms with Crippen molar-refractivity contribution in [2.24, 2.45) is 0 Å². The molecule has 5 rings (SSSR count). The third kappa shape index (κ3) is 3.49. The molecule has 2 aliphatic heterocycles. The highest BCUT2D eigenvalue weighted by Gasteiger charge is 2.44. The summed E-state index contributed by atoms with van der Waals surface area (Å²) in [6.07, 6.45) is 6.39. The van der Waals surface area contributed by atoms with Crippen LogP contribution in [0, 0.1) is 0 Å². The third-order valence-corrected chi connectivity index (χ3v) is 8.17. The van der Waals surface area contributed by atoms with E-state index in [2.05, 4.69) is 42.2 Å². The van der Waals surface area contributed by atoms with E-state index in [0.717, 1.165) is 37.2 Å². The van der Waals surface area contributed by atoms with Crippen LogP contribution in [-0.4, -0.2) is 35.7 Å². The molecule has 2 atom stereocenters. The van der Waals surface area contributed by atoms with Crippen LogP contribution in [-0.2, 0) is 21.5 Å². The van der Waals surface area contributed by atoms with Gasteiger partial charge in [0.2, 0.25) is 5.91 Å². The number of ketones is 1. The maximum atomic E-state index is 13.5. The van der Waals surface area contributed by atoms with Gasteiger partial charge in [0.25, 0.3) is 0 Å². The molecule has 1 amide bonds. The second kappa shape index (κ2) is 8.47. The number of carbonyl (C=O) groups excluding carboxylic acids is 2. The van der Waals surface area contributed by atoms with Crippen LogP contribution in [0.2, 0.25) is 0 Å². The predicted octanol–water partition coefficient (Wildman–Crippen LogP) is 5.20. The zero-order chi connectivity index (χ0) is 22.3. The summed E-state index contributed by atoms with van der Waals surface area (Å²) >= 11 is 0. The molecular weight excluding hydrogens is 396 g/mol. The number of rotatable bonds is 5. The Morgan fingerprint density at radius 2 is 1.78 bits per heavy atom. The van der Waals surface area contributed by atoms with E-state index < -0.39 is 0 Å². The van der Waals surface area contributed by atoms with Crippen molar-refractivity contribution in [3.63, 3.8) is 0 Å². The van der Waals surface area contributed by atoms with Crippen molar-refractivity contribution in [1.82, 2.24) is 4.90 Å². The predicted molar refractivity (Wildman–Crippen MR) is 128 cm³/mol. The van der Waals surface area contributed by atoms with Gasteiger partial charge in [-0.1, -0.05) is 49.4 Å². The lowest BCUT2D eigenvalue weighted by atomic mass is 9.75. The number of benzene rings is 2. The largest absolute Gasteiger partial charge is 0.308 e. The number of para-hydroxylation sites is 1. The van der Waals surface area contributed by atoms with Crippen molar-refractivity contribution in [3.05, 3.63) is 65.2 Å². The van der Waals surface area contributed by atoms with Crippen LogP contribution in [0.15, 0.2) is 48.5 Å². The molecule has 2 aromatic carbocycles. The molecule has 4 nitrogen and oxygen atoms in total. The highest BCUT2D eigenvalue weighted by molar-refractivity contribution is 6.07. The van der Waals surface area contributed by atoms with E-state index in [-0.39, 0.29) is 29.2 Å². The van der Waals surface area contributed by atoms with E-state index >= 15 is 0 Å². The summed E-state index contributed by atoms with van der Waals surface area (Å²) in [4.78, 5) is 30.4. The van der Waals surface area contributed by atoms with E-state index in [1.54, 1.807) is 0 Å². The Morgan fingerprint density at radius 3 is 2.56 bits per heavy atom. The van der Waals surface area contributed by atoms with Crippen molar-refractivity contribution in [3.8, 4) is 0 Å². The van der Waals surface area contributed by atoms with Crippen LogP contribution in [0.1, 0.15) is 75.0 Å². The molecule has 0 spiro atoms. The molecule has 0 aromatic heterocycles. The molecule has 1 fully saturated rings. The zero-order valence-electron chi connectivity index (χ0n) is 19.3. The zero-order valence-corrected chi connectivity index (χ0v) is 19.3. The van der Waals surface area contributed by atoms with Crippen molar-refractivity contribution >= 4 is 17.4 Å². The summed E-state index contributed by atoms with van der Waals surface area (Å²) in [5, 5.41) is 0. The number of fused-ring (bicyclic) bond motifs is 2. The maximum Gasteiger partial charge on any atom is 0.235 e. The molecule has 2 aromatic rings. The standard InChI is InChI=1S/C28H34N2O2/c1-3-22(31)19-24-23-11-5-7-13-26(23)30(27(24)32)21-14-17-29(18-15-21)28(2)16-8-10-20-9-4-6-12-25(20)28/h4-7,9,11-13,21,24H,3,8,10,14-19H2,1-2H3. The second-order valence-electron chi connectivity index (χ2n) is 9.92. The minimum atomic E-state index is -0.306. The highest BCUT2D eigenvalue weighted by atomic mass is 16.2. The first-order valence-electron chi connectivity index (χ1n) is 12.3. The number of carbonyl (C=O) groups is 2. The fraction of sp³-hybridized carbons (Fsp3) is 0.500. The number of nitrogens with zero attached hydrogens (tertiary/aromatic N) is 2. The molecule has 1 aliphatic carbocycles. The summed E-state index contributed by atoms with van der Waals surface area (Å²) in [6.45, 7) is 6.29. The summed E-state index contributed by atoms with van der Waals surface area (Å²) < 4.78 is 0. The highest BCUT2D eigenvalue weighted by Crippen LogP contribution is 2.44. The van der Waals surface area contributed by atoms with Crippen LogP contribution < -0.4 is 4.90 Å². The van der Waals surface area contributed by atoms with Crippen LogP contribution in [0.3, 0.4) is 0 Å². The van der Waals surface area contributed by atoms with Gasteiger partial charge in [0.05, 0.1) is 5.92 Å².